The number of hydrogen-bond donors (Lipinski definition) is 0. The molecule has 0 N–H and O–H groups in total. The summed E-state index contributed by atoms with van der Waals surface area (Å²) < 4.78 is 6.59. The molecule has 10 aromatic carbocycles. The van der Waals surface area contributed by atoms with E-state index in [4.69, 9.17) is 4.42 Å². The quantitative estimate of drug-likeness (QED) is 0.166. The first-order chi connectivity index (χ1) is 32.2. The summed E-state index contributed by atoms with van der Waals surface area (Å²) in [6.45, 7) is 9.45. The number of fused-ring (bicyclic) bond motifs is 11. The van der Waals surface area contributed by atoms with Gasteiger partial charge in [-0.05, 0) is 138 Å². The lowest BCUT2D eigenvalue weighted by Gasteiger charge is -2.28. The van der Waals surface area contributed by atoms with E-state index in [2.05, 4.69) is 245 Å². The van der Waals surface area contributed by atoms with Gasteiger partial charge in [0.05, 0.1) is 0 Å². The molecule has 2 aliphatic rings. The van der Waals surface area contributed by atoms with Crippen LogP contribution in [0, 0.1) is 0 Å². The van der Waals surface area contributed by atoms with Gasteiger partial charge in [0.15, 0.2) is 0 Å². The molecule has 0 saturated heterocycles. The molecule has 1 aromatic heterocycles. The third-order valence-corrected chi connectivity index (χ3v) is 14.9. The maximum atomic E-state index is 6.59. The second-order valence-corrected chi connectivity index (χ2v) is 19.3. The van der Waals surface area contributed by atoms with Crippen LogP contribution in [0.4, 0.5) is 17.1 Å². The Morgan fingerprint density at radius 3 is 1.73 bits per heavy atom. The molecule has 0 amide bonds. The summed E-state index contributed by atoms with van der Waals surface area (Å²) in [4.78, 5) is 2.41. The molecule has 0 bridgehead atoms. The molecular formula is C64H47NO. The van der Waals surface area contributed by atoms with Gasteiger partial charge in [0, 0.05) is 44.1 Å². The molecular weight excluding hydrogens is 799 g/mol. The minimum Gasteiger partial charge on any atom is -0.455 e. The summed E-state index contributed by atoms with van der Waals surface area (Å²) in [5, 5.41) is 4.60. The van der Waals surface area contributed by atoms with Crippen molar-refractivity contribution in [3.05, 3.63) is 235 Å². The highest BCUT2D eigenvalue weighted by Crippen LogP contribution is 2.53. The summed E-state index contributed by atoms with van der Waals surface area (Å²) in [6.07, 6.45) is 0. The smallest absolute Gasteiger partial charge is 0.143 e. The number of rotatable bonds is 6. The molecule has 2 heteroatoms. The minimum absolute atomic E-state index is 0.0582. The van der Waals surface area contributed by atoms with Crippen molar-refractivity contribution >= 4 is 49.8 Å². The Morgan fingerprint density at radius 2 is 0.939 bits per heavy atom. The molecule has 0 atom stereocenters. The third-order valence-electron chi connectivity index (χ3n) is 14.9. The lowest BCUT2D eigenvalue weighted by Crippen LogP contribution is -2.16. The zero-order valence-electron chi connectivity index (χ0n) is 37.6. The zero-order valence-corrected chi connectivity index (χ0v) is 37.6. The van der Waals surface area contributed by atoms with E-state index >= 15 is 0 Å². The normalized spacial score (nSPS) is 14.0. The van der Waals surface area contributed by atoms with E-state index in [1.54, 1.807) is 0 Å². The van der Waals surface area contributed by atoms with Crippen LogP contribution in [0.5, 0.6) is 0 Å². The lowest BCUT2D eigenvalue weighted by molar-refractivity contribution is 0.660. The standard InChI is InChI=1S/C64H47NO/c1-63(2)56-23-9-7-18-51(56)53-36-31-43(39-58(53)63)40-26-32-45(33-27-40)65(47-16-11-15-44(38-47)49-21-12-22-54-52-19-8-10-24-57(52)64(3,4)61(49)54)46-34-28-42(29-35-46)48-20-13-25-59-60(48)55-37-30-41-14-5-6-17-50(41)62(55)66-59/h5-39H,1-4H3. The fraction of sp³-hybridized carbons (Fsp3) is 0.0938. The topological polar surface area (TPSA) is 16.4 Å². The Balaban J connectivity index is 0.925. The van der Waals surface area contributed by atoms with Gasteiger partial charge >= 0.3 is 0 Å². The Morgan fingerprint density at radius 1 is 0.348 bits per heavy atom. The van der Waals surface area contributed by atoms with Crippen LogP contribution in [-0.2, 0) is 10.8 Å². The van der Waals surface area contributed by atoms with Gasteiger partial charge in [-0.25, -0.2) is 0 Å². The Hall–Kier alpha value is -7.94. The van der Waals surface area contributed by atoms with Crippen LogP contribution in [0.2, 0.25) is 0 Å². The molecule has 314 valence electrons. The van der Waals surface area contributed by atoms with Gasteiger partial charge in [-0.15, -0.1) is 0 Å². The molecule has 0 fully saturated rings. The van der Waals surface area contributed by atoms with Crippen molar-refractivity contribution in [2.75, 3.05) is 4.90 Å². The van der Waals surface area contributed by atoms with E-state index in [1.165, 1.54) is 72.1 Å². The Kier molecular flexibility index (Phi) is 8.33. The van der Waals surface area contributed by atoms with Crippen LogP contribution in [0.15, 0.2) is 217 Å². The van der Waals surface area contributed by atoms with Crippen LogP contribution in [0.25, 0.3) is 88.3 Å². The van der Waals surface area contributed by atoms with Crippen LogP contribution < -0.4 is 4.90 Å². The average molecular weight is 846 g/mol. The van der Waals surface area contributed by atoms with Gasteiger partial charge in [-0.1, -0.05) is 185 Å². The summed E-state index contributed by atoms with van der Waals surface area (Å²) in [6, 6.07) is 78.2. The lowest BCUT2D eigenvalue weighted by atomic mass is 9.79. The van der Waals surface area contributed by atoms with Crippen LogP contribution in [-0.4, -0.2) is 0 Å². The van der Waals surface area contributed by atoms with Gasteiger partial charge in [0.25, 0.3) is 0 Å². The number of furan rings is 1. The highest BCUT2D eigenvalue weighted by atomic mass is 16.3. The number of hydrogen-bond acceptors (Lipinski definition) is 2. The molecule has 0 saturated carbocycles. The van der Waals surface area contributed by atoms with Crippen molar-refractivity contribution < 1.29 is 4.42 Å². The molecule has 0 spiro atoms. The van der Waals surface area contributed by atoms with Crippen LogP contribution >= 0.6 is 0 Å². The number of nitrogens with zero attached hydrogens (tertiary/aromatic N) is 1. The number of benzene rings is 10. The maximum absolute atomic E-state index is 6.59. The van der Waals surface area contributed by atoms with Crippen molar-refractivity contribution in [1.29, 1.82) is 0 Å². The van der Waals surface area contributed by atoms with Crippen molar-refractivity contribution in [3.63, 3.8) is 0 Å². The van der Waals surface area contributed by atoms with Crippen molar-refractivity contribution in [3.8, 4) is 55.6 Å². The monoisotopic (exact) mass is 845 g/mol. The molecule has 0 unspecified atom stereocenters. The van der Waals surface area contributed by atoms with Crippen LogP contribution in [0.1, 0.15) is 49.9 Å². The van der Waals surface area contributed by atoms with E-state index in [-0.39, 0.29) is 10.8 Å². The molecule has 0 radical (unpaired) electrons. The van der Waals surface area contributed by atoms with Gasteiger partial charge in [0.1, 0.15) is 11.2 Å². The van der Waals surface area contributed by atoms with Gasteiger partial charge in [0.2, 0.25) is 0 Å². The average Bonchev–Trinajstić information content (AvgIpc) is 3.95. The molecule has 2 aliphatic carbocycles. The van der Waals surface area contributed by atoms with Gasteiger partial charge in [-0.2, -0.15) is 0 Å². The second kappa shape index (κ2) is 14.3. The van der Waals surface area contributed by atoms with Crippen molar-refractivity contribution in [2.45, 2.75) is 38.5 Å². The highest BCUT2D eigenvalue weighted by molar-refractivity contribution is 6.19. The van der Waals surface area contributed by atoms with E-state index in [1.807, 2.05) is 0 Å². The summed E-state index contributed by atoms with van der Waals surface area (Å²) in [7, 11) is 0. The van der Waals surface area contributed by atoms with E-state index < -0.39 is 0 Å². The van der Waals surface area contributed by atoms with E-state index in [0.717, 1.165) is 55.5 Å². The fourth-order valence-electron chi connectivity index (χ4n) is 11.6. The van der Waals surface area contributed by atoms with Gasteiger partial charge < -0.3 is 9.32 Å². The summed E-state index contributed by atoms with van der Waals surface area (Å²) >= 11 is 0. The Labute approximate surface area is 386 Å². The first kappa shape index (κ1) is 38.5. The molecule has 0 aliphatic heterocycles. The third kappa shape index (κ3) is 5.67. The van der Waals surface area contributed by atoms with Crippen molar-refractivity contribution in [1.82, 2.24) is 0 Å². The minimum atomic E-state index is -0.129. The van der Waals surface area contributed by atoms with Crippen molar-refractivity contribution in [2.24, 2.45) is 0 Å². The number of anilines is 3. The molecule has 13 rings (SSSR count). The fourth-order valence-corrected chi connectivity index (χ4v) is 11.6. The molecule has 2 nitrogen and oxygen atoms in total. The first-order valence-electron chi connectivity index (χ1n) is 23.2. The predicted octanol–water partition coefficient (Wildman–Crippen LogP) is 17.8. The predicted molar refractivity (Wildman–Crippen MR) is 277 cm³/mol. The zero-order chi connectivity index (χ0) is 44.3. The van der Waals surface area contributed by atoms with E-state index in [0.29, 0.717) is 0 Å². The molecule has 11 aromatic rings. The highest BCUT2D eigenvalue weighted by Gasteiger charge is 2.38. The Bertz CT molecular complexity index is 3750. The summed E-state index contributed by atoms with van der Waals surface area (Å²) in [5.74, 6) is 0. The molecule has 1 heterocycles. The van der Waals surface area contributed by atoms with Gasteiger partial charge in [-0.3, -0.25) is 0 Å². The van der Waals surface area contributed by atoms with E-state index in [9.17, 15) is 0 Å². The SMILES string of the molecule is CC1(C)c2ccccc2-c2ccc(-c3ccc(N(c4ccc(-c5cccc6oc7c8ccccc8ccc7c56)cc4)c4cccc(-c5cccc6c5C(C)(C)c5ccccc5-6)c4)cc3)cc21. The first-order valence-corrected chi connectivity index (χ1v) is 23.2. The second-order valence-electron chi connectivity index (χ2n) is 19.3. The largest absolute Gasteiger partial charge is 0.455 e. The summed E-state index contributed by atoms with van der Waals surface area (Å²) in [5.41, 5.74) is 23.1. The maximum Gasteiger partial charge on any atom is 0.143 e. The molecule has 66 heavy (non-hydrogen) atoms. The van der Waals surface area contributed by atoms with Crippen LogP contribution in [0.3, 0.4) is 0 Å².